The molecule has 0 bridgehead atoms. The van der Waals surface area contributed by atoms with Gasteiger partial charge in [-0.25, -0.2) is 14.5 Å². The number of aliphatic hydroxyl groups excluding tert-OH is 1. The topological polar surface area (TPSA) is 95.7 Å². The minimum Gasteiger partial charge on any atom is -0.394 e. The van der Waals surface area contributed by atoms with Crippen LogP contribution in [0.2, 0.25) is 0 Å². The Hall–Kier alpha value is -3.14. The molecule has 9 heteroatoms. The summed E-state index contributed by atoms with van der Waals surface area (Å²) in [6.07, 6.45) is 4.86. The van der Waals surface area contributed by atoms with Crippen molar-refractivity contribution in [3.05, 3.63) is 53.7 Å². The molecule has 37 heavy (non-hydrogen) atoms. The summed E-state index contributed by atoms with van der Waals surface area (Å²) in [6, 6.07) is 9.71. The fourth-order valence-corrected chi connectivity index (χ4v) is 5.02. The third-order valence-corrected chi connectivity index (χ3v) is 7.35. The molecule has 0 unspecified atom stereocenters. The van der Waals surface area contributed by atoms with Crippen LogP contribution in [0.25, 0.3) is 27.5 Å². The van der Waals surface area contributed by atoms with Gasteiger partial charge in [0.15, 0.2) is 11.4 Å². The second-order valence-electron chi connectivity index (χ2n) is 9.00. The van der Waals surface area contributed by atoms with Gasteiger partial charge < -0.3 is 15.3 Å². The van der Waals surface area contributed by atoms with Crippen LogP contribution >= 0.6 is 11.3 Å². The molecule has 4 heterocycles. The van der Waals surface area contributed by atoms with Crippen molar-refractivity contribution in [1.82, 2.24) is 24.5 Å². The van der Waals surface area contributed by atoms with Crippen LogP contribution in [0.15, 0.2) is 48.1 Å². The largest absolute Gasteiger partial charge is 0.394 e. The maximum atomic E-state index is 13.3. The van der Waals surface area contributed by atoms with E-state index >= 15 is 0 Å². The first-order valence-corrected chi connectivity index (χ1v) is 13.4. The van der Waals surface area contributed by atoms with Crippen LogP contribution in [0.3, 0.4) is 0 Å². The molecule has 0 radical (unpaired) electrons. The zero-order chi connectivity index (χ0) is 25.7. The maximum Gasteiger partial charge on any atom is 0.165 e. The lowest BCUT2D eigenvalue weighted by molar-refractivity contribution is 0.0964. The van der Waals surface area contributed by atoms with Crippen molar-refractivity contribution < 1.29 is 9.90 Å². The Balaban J connectivity index is 0.00000380. The molecule has 0 fully saturated rings. The number of Topliss-reactive ketones (excluding diaryl/α,β-unsaturated/α-hetero) is 1. The molecule has 0 amide bonds. The Labute approximate surface area is 223 Å². The lowest BCUT2D eigenvalue weighted by atomic mass is 10.0. The summed E-state index contributed by atoms with van der Waals surface area (Å²) in [5.41, 5.74) is 3.50. The number of ketones is 1. The fourth-order valence-electron chi connectivity index (χ4n) is 4.33. The number of aromatic nitrogens is 4. The highest BCUT2D eigenvalue weighted by atomic mass is 32.1. The van der Waals surface area contributed by atoms with Gasteiger partial charge in [-0.3, -0.25) is 4.79 Å². The number of fused-ring (bicyclic) bond motifs is 1. The average molecular weight is 523 g/mol. The molecular formula is C28H38N6O2S. The standard InChI is InChI=1S/C27H34N6O2S.CH4/c1-5-32(6-2)19(4)9-10-24(35)20-14-23(30-26(15-20)29-18(3)17-34)21-16-28-33-12-11-22(31-27(21)33)25-8-7-13-36-25;/h7-8,11-16,18-19,34H,5-6,9-10,17H2,1-4H3,(H,29,30);1H4/t18-,19+;/m1./s1. The van der Waals surface area contributed by atoms with Crippen molar-refractivity contribution in [3.63, 3.8) is 0 Å². The Kier molecular flexibility index (Phi) is 9.91. The quantitative estimate of drug-likeness (QED) is 0.232. The Morgan fingerprint density at radius 3 is 2.62 bits per heavy atom. The molecule has 0 spiro atoms. The molecule has 0 aromatic carbocycles. The van der Waals surface area contributed by atoms with Gasteiger partial charge in [-0.1, -0.05) is 27.3 Å². The van der Waals surface area contributed by atoms with Crippen LogP contribution in [0.4, 0.5) is 5.82 Å². The number of aliphatic hydroxyl groups is 1. The van der Waals surface area contributed by atoms with Gasteiger partial charge in [0.1, 0.15) is 5.82 Å². The number of hydrogen-bond acceptors (Lipinski definition) is 8. The van der Waals surface area contributed by atoms with Crippen molar-refractivity contribution in [2.24, 2.45) is 0 Å². The highest BCUT2D eigenvalue weighted by molar-refractivity contribution is 7.13. The molecule has 0 saturated carbocycles. The predicted octanol–water partition coefficient (Wildman–Crippen LogP) is 5.64. The molecule has 0 aliphatic heterocycles. The van der Waals surface area contributed by atoms with Crippen molar-refractivity contribution in [1.29, 1.82) is 0 Å². The molecule has 4 aromatic rings. The fraction of sp³-hybridized carbons (Fsp3) is 0.429. The molecule has 198 valence electrons. The molecule has 0 aliphatic carbocycles. The molecular weight excluding hydrogens is 484 g/mol. The average Bonchev–Trinajstić information content (AvgIpc) is 3.57. The minimum absolute atomic E-state index is 0. The summed E-state index contributed by atoms with van der Waals surface area (Å²) in [6.45, 7) is 10.2. The van der Waals surface area contributed by atoms with Crippen LogP contribution in [0.5, 0.6) is 0 Å². The van der Waals surface area contributed by atoms with E-state index in [1.807, 2.05) is 42.8 Å². The van der Waals surface area contributed by atoms with Crippen LogP contribution in [-0.4, -0.2) is 67.2 Å². The summed E-state index contributed by atoms with van der Waals surface area (Å²) in [4.78, 5) is 26.3. The van der Waals surface area contributed by atoms with Gasteiger partial charge in [-0.2, -0.15) is 5.10 Å². The first kappa shape index (κ1) is 28.4. The summed E-state index contributed by atoms with van der Waals surface area (Å²) in [7, 11) is 0. The minimum atomic E-state index is -0.203. The lowest BCUT2D eigenvalue weighted by Crippen LogP contribution is -2.33. The van der Waals surface area contributed by atoms with Crippen LogP contribution in [0.1, 0.15) is 58.3 Å². The zero-order valence-corrected chi connectivity index (χ0v) is 22.1. The van der Waals surface area contributed by atoms with E-state index in [2.05, 4.69) is 36.1 Å². The number of rotatable bonds is 12. The zero-order valence-electron chi connectivity index (χ0n) is 21.3. The van der Waals surface area contributed by atoms with Gasteiger partial charge in [0, 0.05) is 30.3 Å². The number of anilines is 1. The van der Waals surface area contributed by atoms with Gasteiger partial charge >= 0.3 is 0 Å². The summed E-state index contributed by atoms with van der Waals surface area (Å²) < 4.78 is 1.72. The van der Waals surface area contributed by atoms with Gasteiger partial charge in [0.05, 0.1) is 34.6 Å². The van der Waals surface area contributed by atoms with E-state index < -0.39 is 0 Å². The highest BCUT2D eigenvalue weighted by Gasteiger charge is 2.18. The van der Waals surface area contributed by atoms with Crippen molar-refractivity contribution in [2.75, 3.05) is 25.0 Å². The number of carbonyl (C=O) groups is 1. The first-order chi connectivity index (χ1) is 17.4. The number of nitrogens with zero attached hydrogens (tertiary/aromatic N) is 5. The number of pyridine rings is 1. The normalized spacial score (nSPS) is 12.9. The van der Waals surface area contributed by atoms with Crippen molar-refractivity contribution in [3.8, 4) is 21.8 Å². The molecule has 8 nitrogen and oxygen atoms in total. The molecule has 4 aromatic heterocycles. The summed E-state index contributed by atoms with van der Waals surface area (Å²) in [5.74, 6) is 0.615. The monoisotopic (exact) mass is 522 g/mol. The smallest absolute Gasteiger partial charge is 0.165 e. The third-order valence-electron chi connectivity index (χ3n) is 6.46. The Bertz CT molecular complexity index is 1300. The first-order valence-electron chi connectivity index (χ1n) is 12.5. The second kappa shape index (κ2) is 12.9. The van der Waals surface area contributed by atoms with E-state index in [-0.39, 0.29) is 25.9 Å². The SMILES string of the molecule is C.CCN(CC)[C@@H](C)CCC(=O)c1cc(N[C@H](C)CO)nc(-c2cnn3ccc(-c4cccs4)nc23)c1. The van der Waals surface area contributed by atoms with E-state index in [0.29, 0.717) is 35.2 Å². The number of hydrogen-bond donors (Lipinski definition) is 2. The number of thiophene rings is 1. The molecule has 4 rings (SSSR count). The van der Waals surface area contributed by atoms with Gasteiger partial charge in [0.2, 0.25) is 0 Å². The van der Waals surface area contributed by atoms with Crippen molar-refractivity contribution in [2.45, 2.75) is 60.0 Å². The molecule has 0 aliphatic rings. The van der Waals surface area contributed by atoms with Crippen LogP contribution in [-0.2, 0) is 0 Å². The Morgan fingerprint density at radius 2 is 1.95 bits per heavy atom. The van der Waals surface area contributed by atoms with Crippen LogP contribution in [0, 0.1) is 0 Å². The molecule has 2 atom stereocenters. The summed E-state index contributed by atoms with van der Waals surface area (Å²) in [5, 5.41) is 19.2. The van der Waals surface area contributed by atoms with Gasteiger partial charge in [-0.05, 0) is 63.0 Å². The number of nitrogens with one attached hydrogen (secondary N) is 1. The maximum absolute atomic E-state index is 13.3. The van der Waals surface area contributed by atoms with E-state index in [1.165, 1.54) is 0 Å². The predicted molar refractivity (Wildman–Crippen MR) is 152 cm³/mol. The second-order valence-corrected chi connectivity index (χ2v) is 9.95. The lowest BCUT2D eigenvalue weighted by Gasteiger charge is -2.26. The van der Waals surface area contributed by atoms with Gasteiger partial charge in [0.25, 0.3) is 0 Å². The number of carbonyl (C=O) groups excluding carboxylic acids is 1. The molecule has 0 saturated heterocycles. The van der Waals surface area contributed by atoms with Crippen molar-refractivity contribution >= 4 is 28.6 Å². The van der Waals surface area contributed by atoms with E-state index in [0.717, 1.165) is 35.6 Å². The molecule has 2 N–H and O–H groups in total. The third kappa shape index (κ3) is 6.60. The Morgan fingerprint density at radius 1 is 1.16 bits per heavy atom. The van der Waals surface area contributed by atoms with E-state index in [1.54, 1.807) is 28.1 Å². The van der Waals surface area contributed by atoms with Crippen LogP contribution < -0.4 is 5.32 Å². The van der Waals surface area contributed by atoms with E-state index in [9.17, 15) is 9.90 Å². The van der Waals surface area contributed by atoms with E-state index in [4.69, 9.17) is 9.97 Å². The highest BCUT2D eigenvalue weighted by Crippen LogP contribution is 2.29. The van der Waals surface area contributed by atoms with Gasteiger partial charge in [-0.15, -0.1) is 11.3 Å². The summed E-state index contributed by atoms with van der Waals surface area (Å²) >= 11 is 1.63.